The van der Waals surface area contributed by atoms with Crippen molar-refractivity contribution < 1.29 is 9.90 Å². The first-order valence-electron chi connectivity index (χ1n) is 15.0. The number of nitrogens with two attached hydrogens (primary N) is 1. The number of nitrogens with one attached hydrogen (secondary N) is 2. The second kappa shape index (κ2) is 12.4. The molecule has 9 heteroatoms. The minimum Gasteiger partial charge on any atom is -0.383 e. The number of hydrogen-bond donors (Lipinski definition) is 4. The minimum absolute atomic E-state index is 0.163. The molecule has 3 aromatic heterocycles. The van der Waals surface area contributed by atoms with Gasteiger partial charge < -0.3 is 16.2 Å². The number of carbonyl (C=O) groups is 1. The van der Waals surface area contributed by atoms with Crippen LogP contribution in [0.2, 0.25) is 0 Å². The number of carbonyl (C=O) groups excluding carboxylic acids is 1. The highest BCUT2D eigenvalue weighted by atomic mass is 16.3. The fraction of sp³-hybridized carbons (Fsp3) is 0.438. The summed E-state index contributed by atoms with van der Waals surface area (Å²) in [4.78, 5) is 21.6. The average molecular weight is 554 g/mol. The van der Waals surface area contributed by atoms with Crippen molar-refractivity contribution in [3.05, 3.63) is 66.0 Å². The number of aliphatic hydroxyl groups is 1. The molecule has 1 aliphatic heterocycles. The van der Waals surface area contributed by atoms with Crippen LogP contribution < -0.4 is 16.4 Å². The van der Waals surface area contributed by atoms with Gasteiger partial charge in [-0.1, -0.05) is 43.9 Å². The number of rotatable bonds is 3. The topological polar surface area (TPSA) is 131 Å². The van der Waals surface area contributed by atoms with Gasteiger partial charge in [0.25, 0.3) is 5.91 Å². The number of aryl methyl sites for hydroxylation is 1. The molecule has 41 heavy (non-hydrogen) atoms. The fourth-order valence-electron chi connectivity index (χ4n) is 6.41. The molecular formula is C32H39N7O2. The first-order chi connectivity index (χ1) is 20.1. The summed E-state index contributed by atoms with van der Waals surface area (Å²) in [6.07, 6.45) is 13.6. The van der Waals surface area contributed by atoms with E-state index in [9.17, 15) is 9.90 Å². The Hall–Kier alpha value is -3.82. The zero-order chi connectivity index (χ0) is 28.2. The van der Waals surface area contributed by atoms with Gasteiger partial charge in [-0.3, -0.25) is 14.8 Å². The van der Waals surface area contributed by atoms with Crippen LogP contribution in [-0.2, 0) is 6.42 Å². The summed E-state index contributed by atoms with van der Waals surface area (Å²) in [5.74, 6) is 0.938. The zero-order valence-corrected chi connectivity index (χ0v) is 23.4. The number of aliphatic hydroxyl groups excluding tert-OH is 1. The summed E-state index contributed by atoms with van der Waals surface area (Å²) in [5.41, 5.74) is 11.0. The molecule has 1 amide bonds. The minimum atomic E-state index is -0.500. The number of nitrogen functional groups attached to an aromatic ring is 1. The molecule has 0 spiro atoms. The largest absolute Gasteiger partial charge is 0.383 e. The highest BCUT2D eigenvalue weighted by molar-refractivity contribution is 6.05. The number of anilines is 2. The normalized spacial score (nSPS) is 22.0. The van der Waals surface area contributed by atoms with Gasteiger partial charge in [0.2, 0.25) is 0 Å². The maximum atomic E-state index is 12.8. The van der Waals surface area contributed by atoms with Crippen LogP contribution in [0.15, 0.2) is 54.9 Å². The summed E-state index contributed by atoms with van der Waals surface area (Å²) in [7, 11) is 0. The van der Waals surface area contributed by atoms with Gasteiger partial charge in [0.05, 0.1) is 16.9 Å². The van der Waals surface area contributed by atoms with E-state index in [1.165, 1.54) is 18.4 Å². The molecule has 2 aliphatic rings. The van der Waals surface area contributed by atoms with Crippen LogP contribution in [0.5, 0.6) is 0 Å². The monoisotopic (exact) mass is 553 g/mol. The second-order valence-electron chi connectivity index (χ2n) is 11.4. The highest BCUT2D eigenvalue weighted by Gasteiger charge is 2.31. The summed E-state index contributed by atoms with van der Waals surface area (Å²) in [5, 5.41) is 23.3. The van der Waals surface area contributed by atoms with E-state index in [1.807, 2.05) is 42.6 Å². The Morgan fingerprint density at radius 3 is 2.66 bits per heavy atom. The molecule has 1 aliphatic carbocycles. The standard InChI is InChI=1S/C32H39N7O2/c33-30-27-28(21-13-15-22(16-14-21)32(41)37-26-12-5-7-17-34-26)38-39-25-11-8-10-23(19-25)31(40)35-18-6-3-1-2-4-9-24(20-36-30)29(27)39/h5,7,12-17,20,23,25,31,35,40H,1-4,6,8-11,18-19H2,(H2,33,36)(H,34,37,41)/t23?,25-,31?/m1/s1. The van der Waals surface area contributed by atoms with E-state index in [4.69, 9.17) is 10.8 Å². The van der Waals surface area contributed by atoms with Crippen molar-refractivity contribution in [2.75, 3.05) is 17.6 Å². The molecule has 2 bridgehead atoms. The molecule has 4 heterocycles. The van der Waals surface area contributed by atoms with Gasteiger partial charge in [-0.25, -0.2) is 9.97 Å². The van der Waals surface area contributed by atoms with Crippen LogP contribution in [0.25, 0.3) is 22.2 Å². The van der Waals surface area contributed by atoms with Gasteiger partial charge >= 0.3 is 0 Å². The Morgan fingerprint density at radius 2 is 1.83 bits per heavy atom. The molecule has 4 aromatic rings. The molecule has 2 unspecified atom stereocenters. The summed E-state index contributed by atoms with van der Waals surface area (Å²) in [6.45, 7) is 0.856. The van der Waals surface area contributed by atoms with Crippen molar-refractivity contribution in [1.82, 2.24) is 25.1 Å². The summed E-state index contributed by atoms with van der Waals surface area (Å²) >= 11 is 0. The maximum absolute atomic E-state index is 12.8. The van der Waals surface area contributed by atoms with Gasteiger partial charge in [0.15, 0.2) is 0 Å². The van der Waals surface area contributed by atoms with Gasteiger partial charge in [-0.05, 0) is 74.9 Å². The Morgan fingerprint density at radius 1 is 1.00 bits per heavy atom. The third-order valence-corrected chi connectivity index (χ3v) is 8.61. The molecule has 1 aromatic carbocycles. The van der Waals surface area contributed by atoms with E-state index in [1.54, 1.807) is 12.3 Å². The van der Waals surface area contributed by atoms with Crippen molar-refractivity contribution in [3.63, 3.8) is 0 Å². The van der Waals surface area contributed by atoms with Crippen LogP contribution in [0.4, 0.5) is 11.6 Å². The van der Waals surface area contributed by atoms with E-state index in [0.717, 1.165) is 80.1 Å². The Labute approximate surface area is 240 Å². The summed E-state index contributed by atoms with van der Waals surface area (Å²) < 4.78 is 2.18. The van der Waals surface area contributed by atoms with Crippen molar-refractivity contribution in [2.24, 2.45) is 5.92 Å². The molecule has 0 radical (unpaired) electrons. The smallest absolute Gasteiger partial charge is 0.256 e. The first kappa shape index (κ1) is 27.4. The van der Waals surface area contributed by atoms with Crippen LogP contribution >= 0.6 is 0 Å². The van der Waals surface area contributed by atoms with Crippen molar-refractivity contribution in [2.45, 2.75) is 76.5 Å². The number of nitrogens with zero attached hydrogens (tertiary/aromatic N) is 4. The Balaban J connectivity index is 1.38. The molecule has 0 saturated heterocycles. The van der Waals surface area contributed by atoms with Crippen LogP contribution in [0, 0.1) is 5.92 Å². The number of aromatic nitrogens is 4. The predicted molar refractivity (Wildman–Crippen MR) is 161 cm³/mol. The molecule has 1 saturated carbocycles. The summed E-state index contributed by atoms with van der Waals surface area (Å²) in [6, 6.07) is 13.0. The highest BCUT2D eigenvalue weighted by Crippen LogP contribution is 2.40. The number of pyridine rings is 2. The second-order valence-corrected chi connectivity index (χ2v) is 11.4. The molecule has 3 atom stereocenters. The number of benzene rings is 1. The maximum Gasteiger partial charge on any atom is 0.256 e. The fourth-order valence-corrected chi connectivity index (χ4v) is 6.41. The number of hydrogen-bond acceptors (Lipinski definition) is 7. The van der Waals surface area contributed by atoms with E-state index in [2.05, 4.69) is 25.3 Å². The van der Waals surface area contributed by atoms with Crippen LogP contribution in [0.3, 0.4) is 0 Å². The van der Waals surface area contributed by atoms with Crippen molar-refractivity contribution in [3.8, 4) is 11.3 Å². The van der Waals surface area contributed by atoms with Crippen molar-refractivity contribution in [1.29, 1.82) is 0 Å². The molecule has 1 fully saturated rings. The molecule has 5 N–H and O–H groups in total. The van der Waals surface area contributed by atoms with E-state index < -0.39 is 6.23 Å². The average Bonchev–Trinajstić information content (AvgIpc) is 3.41. The number of amides is 1. The van der Waals surface area contributed by atoms with Crippen molar-refractivity contribution >= 4 is 28.4 Å². The molecular weight excluding hydrogens is 514 g/mol. The molecule has 214 valence electrons. The lowest BCUT2D eigenvalue weighted by molar-refractivity contribution is 0.0427. The van der Waals surface area contributed by atoms with E-state index >= 15 is 0 Å². The third-order valence-electron chi connectivity index (χ3n) is 8.61. The van der Waals surface area contributed by atoms with Gasteiger partial charge in [-0.15, -0.1) is 0 Å². The lowest BCUT2D eigenvalue weighted by Crippen LogP contribution is -2.39. The third kappa shape index (κ3) is 5.96. The molecule has 9 nitrogen and oxygen atoms in total. The van der Waals surface area contributed by atoms with Crippen LogP contribution in [-0.4, -0.2) is 43.5 Å². The van der Waals surface area contributed by atoms with Crippen LogP contribution in [0.1, 0.15) is 79.8 Å². The Kier molecular flexibility index (Phi) is 8.25. The SMILES string of the molecule is Nc1ncc2c3c1c(-c1ccc(C(=O)Nc4ccccn4)cc1)nn3[C@@H]1CCCC(C1)C(O)NCCCCCCC2. The predicted octanol–water partition coefficient (Wildman–Crippen LogP) is 5.47. The quantitative estimate of drug-likeness (QED) is 0.264. The number of fused-ring (bicyclic) bond motifs is 3. The molecule has 6 rings (SSSR count). The van der Waals surface area contributed by atoms with Gasteiger partial charge in [-0.2, -0.15) is 5.10 Å². The van der Waals surface area contributed by atoms with E-state index in [0.29, 0.717) is 17.2 Å². The first-order valence-corrected chi connectivity index (χ1v) is 15.0. The Bertz CT molecular complexity index is 1490. The lowest BCUT2D eigenvalue weighted by atomic mass is 9.84. The van der Waals surface area contributed by atoms with Gasteiger partial charge in [0.1, 0.15) is 23.6 Å². The van der Waals surface area contributed by atoms with Gasteiger partial charge in [0, 0.05) is 29.4 Å². The lowest BCUT2D eigenvalue weighted by Gasteiger charge is -2.33. The zero-order valence-electron chi connectivity index (χ0n) is 23.4. The van der Waals surface area contributed by atoms with E-state index in [-0.39, 0.29) is 17.9 Å².